The highest BCUT2D eigenvalue weighted by Crippen LogP contribution is 2.18. The summed E-state index contributed by atoms with van der Waals surface area (Å²) in [6.07, 6.45) is 0. The summed E-state index contributed by atoms with van der Waals surface area (Å²) < 4.78 is 11.0. The van der Waals surface area contributed by atoms with E-state index in [-0.39, 0.29) is 6.79 Å². The van der Waals surface area contributed by atoms with Crippen LogP contribution in [0, 0.1) is 13.8 Å². The van der Waals surface area contributed by atoms with E-state index in [4.69, 9.17) is 9.47 Å². The van der Waals surface area contributed by atoms with Crippen LogP contribution in [0.1, 0.15) is 11.1 Å². The Kier molecular flexibility index (Phi) is 3.66. The predicted molar refractivity (Wildman–Crippen MR) is 67.9 cm³/mol. The minimum absolute atomic E-state index is 0.152. The molecule has 0 spiro atoms. The van der Waals surface area contributed by atoms with Crippen molar-refractivity contribution >= 4 is 0 Å². The molecule has 2 aromatic rings. The van der Waals surface area contributed by atoms with Crippen LogP contribution in [0.15, 0.2) is 48.5 Å². The van der Waals surface area contributed by atoms with E-state index in [1.54, 1.807) is 0 Å². The van der Waals surface area contributed by atoms with Crippen molar-refractivity contribution in [2.24, 2.45) is 0 Å². The van der Waals surface area contributed by atoms with Crippen molar-refractivity contribution in [3.05, 3.63) is 73.5 Å². The summed E-state index contributed by atoms with van der Waals surface area (Å²) >= 11 is 0. The molecule has 2 rings (SSSR count). The van der Waals surface area contributed by atoms with Crippen molar-refractivity contribution in [3.8, 4) is 11.5 Å². The molecule has 0 unspecified atom stereocenters. The quantitative estimate of drug-likeness (QED) is 0.743. The minimum atomic E-state index is 0.152. The molecule has 0 aliphatic rings. The third-order valence-electron chi connectivity index (χ3n) is 2.37. The topological polar surface area (TPSA) is 18.5 Å². The molecule has 2 heteroatoms. The molecule has 86 valence electrons. The van der Waals surface area contributed by atoms with E-state index in [0.717, 1.165) is 22.6 Å². The van der Waals surface area contributed by atoms with Crippen LogP contribution in [0.3, 0.4) is 0 Å². The first-order valence-electron chi connectivity index (χ1n) is 5.35. The minimum Gasteiger partial charge on any atom is -0.457 e. The van der Waals surface area contributed by atoms with E-state index in [1.165, 1.54) is 0 Å². The van der Waals surface area contributed by atoms with Gasteiger partial charge in [0.1, 0.15) is 11.5 Å². The lowest BCUT2D eigenvalue weighted by molar-refractivity contribution is 0.119. The lowest BCUT2D eigenvalue weighted by Crippen LogP contribution is -2.07. The first-order valence-corrected chi connectivity index (χ1v) is 5.35. The smallest absolute Gasteiger partial charge is 0.230 e. The summed E-state index contributed by atoms with van der Waals surface area (Å²) in [6.45, 7) is 7.89. The average Bonchev–Trinajstić information content (AvgIpc) is 2.34. The largest absolute Gasteiger partial charge is 0.457 e. The Morgan fingerprint density at radius 3 is 1.53 bits per heavy atom. The van der Waals surface area contributed by atoms with Crippen LogP contribution >= 0.6 is 0 Å². The molecule has 0 aliphatic carbocycles. The van der Waals surface area contributed by atoms with Crippen LogP contribution in [0.2, 0.25) is 0 Å². The fraction of sp³-hybridized carbons (Fsp3) is 0.0667. The summed E-state index contributed by atoms with van der Waals surface area (Å²) in [6, 6.07) is 15.2. The summed E-state index contributed by atoms with van der Waals surface area (Å²) in [5.41, 5.74) is 1.69. The molecule has 0 N–H and O–H groups in total. The van der Waals surface area contributed by atoms with E-state index in [0.29, 0.717) is 0 Å². The first kappa shape index (κ1) is 11.5. The van der Waals surface area contributed by atoms with Crippen LogP contribution in [0.25, 0.3) is 0 Å². The van der Waals surface area contributed by atoms with Crippen LogP contribution in [-0.2, 0) is 0 Å². The Morgan fingerprint density at radius 2 is 1.12 bits per heavy atom. The molecule has 0 heterocycles. The second kappa shape index (κ2) is 5.39. The van der Waals surface area contributed by atoms with Crippen molar-refractivity contribution in [3.63, 3.8) is 0 Å². The van der Waals surface area contributed by atoms with Gasteiger partial charge in [-0.2, -0.15) is 0 Å². The van der Waals surface area contributed by atoms with E-state index in [9.17, 15) is 0 Å². The zero-order valence-electron chi connectivity index (χ0n) is 9.56. The van der Waals surface area contributed by atoms with Crippen LogP contribution in [0.4, 0.5) is 0 Å². The van der Waals surface area contributed by atoms with Gasteiger partial charge in [-0.25, -0.2) is 0 Å². The fourth-order valence-electron chi connectivity index (χ4n) is 1.45. The van der Waals surface area contributed by atoms with Crippen molar-refractivity contribution < 1.29 is 9.47 Å². The van der Waals surface area contributed by atoms with Crippen molar-refractivity contribution in [2.45, 2.75) is 0 Å². The average molecular weight is 226 g/mol. The lowest BCUT2D eigenvalue weighted by Gasteiger charge is -2.11. The Bertz CT molecular complexity index is 446. The van der Waals surface area contributed by atoms with Crippen molar-refractivity contribution in [2.75, 3.05) is 6.79 Å². The third-order valence-corrected chi connectivity index (χ3v) is 2.37. The molecule has 0 aliphatic heterocycles. The normalized spacial score (nSPS) is 10.0. The first-order chi connectivity index (χ1) is 8.27. The van der Waals surface area contributed by atoms with Gasteiger partial charge in [-0.05, 0) is 37.1 Å². The van der Waals surface area contributed by atoms with Crippen molar-refractivity contribution in [1.82, 2.24) is 0 Å². The second-order valence-electron chi connectivity index (χ2n) is 3.62. The van der Waals surface area contributed by atoms with Gasteiger partial charge in [-0.1, -0.05) is 36.4 Å². The molecule has 0 saturated carbocycles. The maximum Gasteiger partial charge on any atom is 0.230 e. The Balaban J connectivity index is 1.93. The number of rotatable bonds is 4. The summed E-state index contributed by atoms with van der Waals surface area (Å²) in [5, 5.41) is 0. The van der Waals surface area contributed by atoms with Crippen LogP contribution in [-0.4, -0.2) is 6.79 Å². The number of ether oxygens (including phenoxy) is 2. The second-order valence-corrected chi connectivity index (χ2v) is 3.62. The van der Waals surface area contributed by atoms with Gasteiger partial charge in [0.2, 0.25) is 6.79 Å². The third kappa shape index (κ3) is 3.00. The van der Waals surface area contributed by atoms with Crippen LogP contribution < -0.4 is 9.47 Å². The molecule has 0 saturated heterocycles. The SMILES string of the molecule is [CH2]c1ccccc1OCOc1ccccc1[CH2]. The zero-order valence-corrected chi connectivity index (χ0v) is 9.56. The molecule has 0 atom stereocenters. The predicted octanol–water partition coefficient (Wildman–Crippen LogP) is 3.47. The van der Waals surface area contributed by atoms with E-state index in [1.807, 2.05) is 48.5 Å². The highest BCUT2D eigenvalue weighted by Gasteiger charge is 2.00. The number of benzene rings is 2. The summed E-state index contributed by atoms with van der Waals surface area (Å²) in [7, 11) is 0. The van der Waals surface area contributed by atoms with Gasteiger partial charge in [0, 0.05) is 0 Å². The van der Waals surface area contributed by atoms with Gasteiger partial charge < -0.3 is 9.47 Å². The van der Waals surface area contributed by atoms with Gasteiger partial charge in [0.15, 0.2) is 0 Å². The summed E-state index contributed by atoms with van der Waals surface area (Å²) in [4.78, 5) is 0. The molecule has 2 aromatic carbocycles. The molecule has 0 bridgehead atoms. The number of hydrogen-bond acceptors (Lipinski definition) is 2. The molecule has 0 aromatic heterocycles. The Morgan fingerprint density at radius 1 is 0.706 bits per heavy atom. The van der Waals surface area contributed by atoms with Gasteiger partial charge >= 0.3 is 0 Å². The van der Waals surface area contributed by atoms with Crippen molar-refractivity contribution in [1.29, 1.82) is 0 Å². The molecule has 2 radical (unpaired) electrons. The molecular weight excluding hydrogens is 212 g/mol. The van der Waals surface area contributed by atoms with E-state index in [2.05, 4.69) is 13.8 Å². The maximum atomic E-state index is 5.48. The Hall–Kier alpha value is -1.96. The molecule has 2 nitrogen and oxygen atoms in total. The summed E-state index contributed by atoms with van der Waals surface area (Å²) in [5.74, 6) is 1.46. The van der Waals surface area contributed by atoms with Gasteiger partial charge in [0.25, 0.3) is 0 Å². The van der Waals surface area contributed by atoms with Gasteiger partial charge in [-0.3, -0.25) is 0 Å². The number of hydrogen-bond donors (Lipinski definition) is 0. The Labute approximate surface area is 102 Å². The van der Waals surface area contributed by atoms with E-state index < -0.39 is 0 Å². The maximum absolute atomic E-state index is 5.48. The monoisotopic (exact) mass is 226 g/mol. The lowest BCUT2D eigenvalue weighted by atomic mass is 10.2. The van der Waals surface area contributed by atoms with E-state index >= 15 is 0 Å². The molecule has 0 fully saturated rings. The standard InChI is InChI=1S/C15H14O2/c1-12-7-3-5-9-14(12)16-11-17-15-10-6-4-8-13(15)2/h3-10H,1-2,11H2. The highest BCUT2D eigenvalue weighted by molar-refractivity contribution is 5.36. The number of para-hydroxylation sites is 2. The zero-order chi connectivity index (χ0) is 12.1. The van der Waals surface area contributed by atoms with Gasteiger partial charge in [0.05, 0.1) is 0 Å². The molecule has 17 heavy (non-hydrogen) atoms. The van der Waals surface area contributed by atoms with Crippen LogP contribution in [0.5, 0.6) is 11.5 Å². The fourth-order valence-corrected chi connectivity index (χ4v) is 1.45. The molecule has 0 amide bonds. The van der Waals surface area contributed by atoms with Gasteiger partial charge in [-0.15, -0.1) is 0 Å². The highest BCUT2D eigenvalue weighted by atomic mass is 16.7. The molecular formula is C15H14O2.